The van der Waals surface area contributed by atoms with Crippen LogP contribution in [0.1, 0.15) is 28.7 Å². The Morgan fingerprint density at radius 3 is 2.82 bits per heavy atom. The van der Waals surface area contributed by atoms with E-state index < -0.39 is 0 Å². The number of aromatic nitrogens is 3. The van der Waals surface area contributed by atoms with Gasteiger partial charge in [0.25, 0.3) is 0 Å². The molecule has 0 aliphatic carbocycles. The first kappa shape index (κ1) is 23.0. The lowest BCUT2D eigenvalue weighted by Crippen LogP contribution is -2.06. The number of thioether (sulfide) groups is 1. The van der Waals surface area contributed by atoms with Crippen molar-refractivity contribution in [2.24, 2.45) is 0 Å². The number of hydrogen-bond acceptors (Lipinski definition) is 7. The van der Waals surface area contributed by atoms with Crippen molar-refractivity contribution >= 4 is 28.8 Å². The third-order valence-corrected chi connectivity index (χ3v) is 6.03. The van der Waals surface area contributed by atoms with Gasteiger partial charge in [-0.1, -0.05) is 17.8 Å². The van der Waals surface area contributed by atoms with Crippen LogP contribution in [-0.2, 0) is 21.8 Å². The summed E-state index contributed by atoms with van der Waals surface area (Å²) in [6.45, 7) is 5.06. The number of halogens is 1. The molecule has 172 valence electrons. The Kier molecular flexibility index (Phi) is 7.10. The highest BCUT2D eigenvalue weighted by Crippen LogP contribution is 2.30. The number of carbonyl (C=O) groups excluding carboxylic acids is 1. The monoisotopic (exact) mass is 469 g/mol. The van der Waals surface area contributed by atoms with Gasteiger partial charge < -0.3 is 18.5 Å². The number of esters is 1. The Hall–Kier alpha value is -3.17. The summed E-state index contributed by atoms with van der Waals surface area (Å²) >= 11 is 1.51. The third kappa shape index (κ3) is 5.09. The summed E-state index contributed by atoms with van der Waals surface area (Å²) in [6.07, 6.45) is 0. The molecule has 0 radical (unpaired) electrons. The smallest absolute Gasteiger partial charge is 0.338 e. The van der Waals surface area contributed by atoms with E-state index in [9.17, 15) is 9.18 Å². The molecule has 0 saturated carbocycles. The van der Waals surface area contributed by atoms with Gasteiger partial charge in [-0.15, -0.1) is 0 Å². The SMILES string of the molecule is CCOC(=O)c1ccc2c(c1)nc(SCc1nc(-c3cccc(F)c3)oc1C)n2CCOC. The van der Waals surface area contributed by atoms with E-state index >= 15 is 0 Å². The summed E-state index contributed by atoms with van der Waals surface area (Å²) in [6, 6.07) is 11.5. The average Bonchev–Trinajstić information content (AvgIpc) is 3.35. The van der Waals surface area contributed by atoms with Gasteiger partial charge in [0.2, 0.25) is 5.89 Å². The number of nitrogens with zero attached hydrogens (tertiary/aromatic N) is 3. The first-order valence-electron chi connectivity index (χ1n) is 10.5. The second kappa shape index (κ2) is 10.2. The largest absolute Gasteiger partial charge is 0.462 e. The van der Waals surface area contributed by atoms with E-state index in [4.69, 9.17) is 18.9 Å². The molecule has 0 bridgehead atoms. The number of ether oxygens (including phenoxy) is 2. The normalized spacial score (nSPS) is 11.3. The van der Waals surface area contributed by atoms with Crippen LogP contribution in [0, 0.1) is 12.7 Å². The molecule has 4 rings (SSSR count). The maximum Gasteiger partial charge on any atom is 0.338 e. The van der Waals surface area contributed by atoms with Crippen LogP contribution in [0.2, 0.25) is 0 Å². The zero-order valence-corrected chi connectivity index (χ0v) is 19.4. The Balaban J connectivity index is 1.60. The molecule has 2 aromatic heterocycles. The lowest BCUT2D eigenvalue weighted by atomic mass is 10.2. The Morgan fingerprint density at radius 2 is 2.06 bits per heavy atom. The van der Waals surface area contributed by atoms with Crippen molar-refractivity contribution in [2.75, 3.05) is 20.3 Å². The van der Waals surface area contributed by atoms with Crippen LogP contribution in [0.5, 0.6) is 0 Å². The minimum absolute atomic E-state index is 0.314. The van der Waals surface area contributed by atoms with Gasteiger partial charge >= 0.3 is 5.97 Å². The molecule has 0 fully saturated rings. The van der Waals surface area contributed by atoms with Gasteiger partial charge in [-0.2, -0.15) is 0 Å². The number of hydrogen-bond donors (Lipinski definition) is 0. The van der Waals surface area contributed by atoms with Gasteiger partial charge in [-0.25, -0.2) is 19.2 Å². The van der Waals surface area contributed by atoms with E-state index in [2.05, 4.69) is 9.55 Å². The van der Waals surface area contributed by atoms with Crippen LogP contribution in [0.4, 0.5) is 4.39 Å². The van der Waals surface area contributed by atoms with E-state index in [0.29, 0.717) is 53.8 Å². The summed E-state index contributed by atoms with van der Waals surface area (Å²) in [4.78, 5) is 21.4. The predicted octanol–water partition coefficient (Wildman–Crippen LogP) is 5.25. The van der Waals surface area contributed by atoms with E-state index in [1.54, 1.807) is 38.3 Å². The van der Waals surface area contributed by atoms with Crippen LogP contribution in [0.15, 0.2) is 52.0 Å². The van der Waals surface area contributed by atoms with Crippen LogP contribution >= 0.6 is 11.8 Å². The molecule has 0 spiro atoms. The highest BCUT2D eigenvalue weighted by molar-refractivity contribution is 7.98. The third-order valence-electron chi connectivity index (χ3n) is 5.05. The molecule has 4 aromatic rings. The minimum Gasteiger partial charge on any atom is -0.462 e. The average molecular weight is 470 g/mol. The molecule has 0 aliphatic rings. The number of oxazole rings is 1. The molecule has 9 heteroatoms. The zero-order chi connectivity index (χ0) is 23.4. The van der Waals surface area contributed by atoms with Crippen LogP contribution < -0.4 is 0 Å². The van der Waals surface area contributed by atoms with Gasteiger partial charge in [0.1, 0.15) is 11.6 Å². The Bertz CT molecular complexity index is 1280. The molecule has 7 nitrogen and oxygen atoms in total. The fourth-order valence-electron chi connectivity index (χ4n) is 3.40. The van der Waals surface area contributed by atoms with Crippen molar-refractivity contribution in [2.45, 2.75) is 31.3 Å². The van der Waals surface area contributed by atoms with Gasteiger partial charge in [0.05, 0.1) is 35.5 Å². The highest BCUT2D eigenvalue weighted by Gasteiger charge is 2.17. The molecular formula is C24H24FN3O4S. The molecule has 0 amide bonds. The molecular weight excluding hydrogens is 445 g/mol. The molecule has 2 aromatic carbocycles. The standard InChI is InChI=1S/C24H24FN3O4S/c1-4-31-23(29)17-8-9-21-19(13-17)27-24(28(21)10-11-30-3)33-14-20-15(2)32-22(26-20)16-6-5-7-18(25)12-16/h5-9,12-13H,4,10-11,14H2,1-3H3. The first-order chi connectivity index (χ1) is 16.0. The second-order valence-corrected chi connectivity index (χ2v) is 8.23. The molecule has 0 N–H and O–H groups in total. The van der Waals surface area contributed by atoms with E-state index in [1.165, 1.54) is 23.9 Å². The quantitative estimate of drug-likeness (QED) is 0.245. The molecule has 2 heterocycles. The van der Waals surface area contributed by atoms with Crippen molar-refractivity contribution in [3.05, 3.63) is 65.3 Å². The van der Waals surface area contributed by atoms with Gasteiger partial charge in [0.15, 0.2) is 5.16 Å². The van der Waals surface area contributed by atoms with Crippen molar-refractivity contribution in [1.29, 1.82) is 0 Å². The predicted molar refractivity (Wildman–Crippen MR) is 124 cm³/mol. The number of fused-ring (bicyclic) bond motifs is 1. The summed E-state index contributed by atoms with van der Waals surface area (Å²) in [5.74, 6) is 0.864. The number of benzene rings is 2. The molecule has 0 unspecified atom stereocenters. The van der Waals surface area contributed by atoms with Crippen molar-refractivity contribution in [3.63, 3.8) is 0 Å². The summed E-state index contributed by atoms with van der Waals surface area (Å²) < 4.78 is 31.8. The highest BCUT2D eigenvalue weighted by atomic mass is 32.2. The summed E-state index contributed by atoms with van der Waals surface area (Å²) in [7, 11) is 1.65. The number of imidazole rings is 1. The molecule has 0 saturated heterocycles. The van der Waals surface area contributed by atoms with Crippen LogP contribution in [0.25, 0.3) is 22.5 Å². The lowest BCUT2D eigenvalue weighted by molar-refractivity contribution is 0.0526. The van der Waals surface area contributed by atoms with Crippen LogP contribution in [0.3, 0.4) is 0 Å². The minimum atomic E-state index is -0.372. The van der Waals surface area contributed by atoms with Gasteiger partial charge in [0, 0.05) is 25.0 Å². The van der Waals surface area contributed by atoms with Crippen molar-refractivity contribution in [1.82, 2.24) is 14.5 Å². The van der Waals surface area contributed by atoms with E-state index in [0.717, 1.165) is 16.4 Å². The Labute approximate surface area is 194 Å². The Morgan fingerprint density at radius 1 is 1.21 bits per heavy atom. The molecule has 0 atom stereocenters. The van der Waals surface area contributed by atoms with Crippen molar-refractivity contribution in [3.8, 4) is 11.5 Å². The first-order valence-corrected chi connectivity index (χ1v) is 11.5. The van der Waals surface area contributed by atoms with Gasteiger partial charge in [-0.3, -0.25) is 0 Å². The number of methoxy groups -OCH3 is 1. The number of rotatable bonds is 9. The topological polar surface area (TPSA) is 79.4 Å². The maximum atomic E-state index is 13.6. The maximum absolute atomic E-state index is 13.6. The fraction of sp³-hybridized carbons (Fsp3) is 0.292. The molecule has 33 heavy (non-hydrogen) atoms. The second-order valence-electron chi connectivity index (χ2n) is 7.28. The summed E-state index contributed by atoms with van der Waals surface area (Å²) in [5.41, 5.74) is 3.42. The van der Waals surface area contributed by atoms with Gasteiger partial charge in [-0.05, 0) is 50.2 Å². The number of aryl methyl sites for hydroxylation is 1. The summed E-state index contributed by atoms with van der Waals surface area (Å²) in [5, 5.41) is 0.776. The zero-order valence-electron chi connectivity index (χ0n) is 18.6. The van der Waals surface area contributed by atoms with E-state index in [1.807, 2.05) is 13.0 Å². The molecule has 0 aliphatic heterocycles. The lowest BCUT2D eigenvalue weighted by Gasteiger charge is -2.08. The number of carbonyl (C=O) groups is 1. The van der Waals surface area contributed by atoms with Crippen LogP contribution in [-0.4, -0.2) is 40.8 Å². The fourth-order valence-corrected chi connectivity index (χ4v) is 4.44. The van der Waals surface area contributed by atoms with E-state index in [-0.39, 0.29) is 11.8 Å². The van der Waals surface area contributed by atoms with Crippen molar-refractivity contribution < 1.29 is 23.1 Å².